The molecule has 1 unspecified atom stereocenters. The molecule has 5 heteroatoms. The summed E-state index contributed by atoms with van der Waals surface area (Å²) < 4.78 is 0. The molecule has 2 rings (SSSR count). The second kappa shape index (κ2) is 5.57. The van der Waals surface area contributed by atoms with Gasteiger partial charge in [-0.2, -0.15) is 0 Å². The molecule has 0 bridgehead atoms. The van der Waals surface area contributed by atoms with E-state index in [-0.39, 0.29) is 22.2 Å². The Hall–Kier alpha value is -0.970. The number of likely N-dealkylation sites (tertiary alicyclic amines) is 1. The molecular formula is C14H22N2O2S. The minimum atomic E-state index is -0.407. The molecule has 1 saturated heterocycles. The van der Waals surface area contributed by atoms with Crippen LogP contribution >= 0.6 is 12.2 Å². The molecule has 106 valence electrons. The first-order valence-corrected chi connectivity index (χ1v) is 7.54. The van der Waals surface area contributed by atoms with Gasteiger partial charge >= 0.3 is 0 Å². The first-order valence-electron chi connectivity index (χ1n) is 7.13. The molecule has 0 aromatic rings. The third-order valence-electron chi connectivity index (χ3n) is 4.53. The third-order valence-corrected chi connectivity index (χ3v) is 4.80. The number of imide groups is 1. The van der Waals surface area contributed by atoms with E-state index in [2.05, 4.69) is 0 Å². The highest BCUT2D eigenvalue weighted by atomic mass is 32.1. The van der Waals surface area contributed by atoms with Crippen molar-refractivity contribution in [3.05, 3.63) is 0 Å². The lowest BCUT2D eigenvalue weighted by atomic mass is 9.67. The zero-order valence-corrected chi connectivity index (χ0v) is 12.3. The number of thiocarbonyl (C=S) groups is 1. The van der Waals surface area contributed by atoms with Crippen molar-refractivity contribution < 1.29 is 9.59 Å². The van der Waals surface area contributed by atoms with E-state index in [1.807, 2.05) is 6.92 Å². The van der Waals surface area contributed by atoms with Crippen LogP contribution in [0.2, 0.25) is 0 Å². The Bertz CT molecular complexity index is 382. The van der Waals surface area contributed by atoms with Gasteiger partial charge in [0.2, 0.25) is 11.8 Å². The van der Waals surface area contributed by atoms with Gasteiger partial charge in [-0.1, -0.05) is 38.4 Å². The van der Waals surface area contributed by atoms with Gasteiger partial charge < -0.3 is 5.73 Å². The van der Waals surface area contributed by atoms with Crippen LogP contribution in [0.25, 0.3) is 0 Å². The maximum absolute atomic E-state index is 12.4. The summed E-state index contributed by atoms with van der Waals surface area (Å²) in [7, 11) is 0. The molecule has 2 amide bonds. The van der Waals surface area contributed by atoms with E-state index in [0.29, 0.717) is 19.3 Å². The number of hydrogen-bond acceptors (Lipinski definition) is 3. The Kier molecular flexibility index (Phi) is 4.23. The smallest absolute Gasteiger partial charge is 0.230 e. The third kappa shape index (κ3) is 2.81. The van der Waals surface area contributed by atoms with Crippen molar-refractivity contribution in [1.29, 1.82) is 0 Å². The number of amides is 2. The lowest BCUT2D eigenvalue weighted by molar-refractivity contribution is -0.156. The molecule has 1 atom stereocenters. The minimum absolute atomic E-state index is 0.0720. The van der Waals surface area contributed by atoms with Gasteiger partial charge in [0, 0.05) is 12.8 Å². The lowest BCUT2D eigenvalue weighted by Gasteiger charge is -2.44. The van der Waals surface area contributed by atoms with Crippen LogP contribution < -0.4 is 5.73 Å². The SMILES string of the molecule is CCC(C(N)=S)N1C(=O)CC2(CCCCC2)CC1=O. The summed E-state index contributed by atoms with van der Waals surface area (Å²) in [5.41, 5.74) is 5.59. The quantitative estimate of drug-likeness (QED) is 0.636. The summed E-state index contributed by atoms with van der Waals surface area (Å²) in [6.45, 7) is 1.90. The minimum Gasteiger partial charge on any atom is -0.392 e. The van der Waals surface area contributed by atoms with Crippen LogP contribution in [0, 0.1) is 5.41 Å². The van der Waals surface area contributed by atoms with Crippen molar-refractivity contribution in [1.82, 2.24) is 4.90 Å². The fraction of sp³-hybridized carbons (Fsp3) is 0.786. The largest absolute Gasteiger partial charge is 0.392 e. The molecule has 1 aliphatic carbocycles. The van der Waals surface area contributed by atoms with Crippen LogP contribution in [0.4, 0.5) is 0 Å². The molecule has 0 radical (unpaired) electrons. The first kappa shape index (κ1) is 14.4. The van der Waals surface area contributed by atoms with Crippen LogP contribution in [-0.4, -0.2) is 27.7 Å². The average Bonchev–Trinajstić information content (AvgIpc) is 2.34. The van der Waals surface area contributed by atoms with E-state index in [0.717, 1.165) is 25.7 Å². The topological polar surface area (TPSA) is 63.4 Å². The van der Waals surface area contributed by atoms with Crippen molar-refractivity contribution in [2.45, 2.75) is 64.3 Å². The van der Waals surface area contributed by atoms with Crippen LogP contribution in [0.1, 0.15) is 58.3 Å². The molecule has 1 aliphatic heterocycles. The zero-order valence-electron chi connectivity index (χ0n) is 11.5. The molecule has 19 heavy (non-hydrogen) atoms. The Balaban J connectivity index is 2.17. The lowest BCUT2D eigenvalue weighted by Crippen LogP contribution is -2.55. The number of nitrogens with two attached hydrogens (primary N) is 1. The van der Waals surface area contributed by atoms with Gasteiger partial charge in [0.25, 0.3) is 0 Å². The molecule has 1 spiro atoms. The van der Waals surface area contributed by atoms with Gasteiger partial charge in [-0.25, -0.2) is 0 Å². The van der Waals surface area contributed by atoms with Crippen LogP contribution in [0.3, 0.4) is 0 Å². The van der Waals surface area contributed by atoms with Gasteiger partial charge in [0.05, 0.1) is 11.0 Å². The normalized spacial score (nSPS) is 24.6. The monoisotopic (exact) mass is 282 g/mol. The van der Waals surface area contributed by atoms with Crippen molar-refractivity contribution in [3.8, 4) is 0 Å². The van der Waals surface area contributed by atoms with Crippen molar-refractivity contribution in [2.75, 3.05) is 0 Å². The van der Waals surface area contributed by atoms with Crippen LogP contribution in [-0.2, 0) is 9.59 Å². The highest BCUT2D eigenvalue weighted by molar-refractivity contribution is 7.80. The molecule has 2 aliphatic rings. The van der Waals surface area contributed by atoms with Crippen LogP contribution in [0.5, 0.6) is 0 Å². The van der Waals surface area contributed by atoms with Gasteiger partial charge in [0.15, 0.2) is 0 Å². The van der Waals surface area contributed by atoms with E-state index in [1.54, 1.807) is 0 Å². The van der Waals surface area contributed by atoms with Crippen LogP contribution in [0.15, 0.2) is 0 Å². The van der Waals surface area contributed by atoms with Gasteiger partial charge in [0.1, 0.15) is 0 Å². The Labute approximate surface area is 119 Å². The predicted octanol–water partition coefficient (Wildman–Crippen LogP) is 2.15. The molecular weight excluding hydrogens is 260 g/mol. The van der Waals surface area contributed by atoms with Crippen molar-refractivity contribution >= 4 is 29.0 Å². The Morgan fingerprint density at radius 1 is 1.26 bits per heavy atom. The first-order chi connectivity index (χ1) is 8.99. The molecule has 0 aromatic carbocycles. The van der Waals surface area contributed by atoms with Crippen molar-refractivity contribution in [2.24, 2.45) is 11.1 Å². The van der Waals surface area contributed by atoms with E-state index in [1.165, 1.54) is 11.3 Å². The molecule has 0 aromatic heterocycles. The molecule has 1 saturated carbocycles. The molecule has 2 fully saturated rings. The number of piperidine rings is 1. The van der Waals surface area contributed by atoms with Gasteiger partial charge in [-0.05, 0) is 24.7 Å². The maximum atomic E-state index is 12.4. The van der Waals surface area contributed by atoms with E-state index < -0.39 is 6.04 Å². The van der Waals surface area contributed by atoms with Crippen molar-refractivity contribution in [3.63, 3.8) is 0 Å². The summed E-state index contributed by atoms with van der Waals surface area (Å²) in [6.07, 6.45) is 7.05. The predicted molar refractivity (Wildman–Crippen MR) is 77.5 cm³/mol. The molecule has 2 N–H and O–H groups in total. The Morgan fingerprint density at radius 3 is 2.21 bits per heavy atom. The van der Waals surface area contributed by atoms with E-state index in [9.17, 15) is 9.59 Å². The number of hydrogen-bond donors (Lipinski definition) is 1. The number of carbonyl (C=O) groups excluding carboxylic acids is 2. The fourth-order valence-corrected chi connectivity index (χ4v) is 3.80. The fourth-order valence-electron chi connectivity index (χ4n) is 3.53. The standard InChI is InChI=1S/C14H22N2O2S/c1-2-10(13(15)19)16-11(17)8-14(9-12(16)18)6-4-3-5-7-14/h10H,2-9H2,1H3,(H2,15,19). The Morgan fingerprint density at radius 2 is 1.79 bits per heavy atom. The van der Waals surface area contributed by atoms with Gasteiger partial charge in [-0.3, -0.25) is 14.5 Å². The summed E-state index contributed by atoms with van der Waals surface area (Å²) >= 11 is 4.98. The molecule has 4 nitrogen and oxygen atoms in total. The summed E-state index contributed by atoms with van der Waals surface area (Å²) in [5.74, 6) is -0.171. The number of carbonyl (C=O) groups is 2. The van der Waals surface area contributed by atoms with E-state index >= 15 is 0 Å². The summed E-state index contributed by atoms with van der Waals surface area (Å²) in [5, 5.41) is 0. The molecule has 1 heterocycles. The summed E-state index contributed by atoms with van der Waals surface area (Å²) in [6, 6.07) is -0.407. The number of rotatable bonds is 3. The number of nitrogens with zero attached hydrogens (tertiary/aromatic N) is 1. The second-order valence-electron chi connectivity index (χ2n) is 5.90. The highest BCUT2D eigenvalue weighted by Gasteiger charge is 2.46. The maximum Gasteiger partial charge on any atom is 0.230 e. The zero-order chi connectivity index (χ0) is 14.0. The average molecular weight is 282 g/mol. The van der Waals surface area contributed by atoms with E-state index in [4.69, 9.17) is 18.0 Å². The summed E-state index contributed by atoms with van der Waals surface area (Å²) in [4.78, 5) is 26.3. The second-order valence-corrected chi connectivity index (χ2v) is 6.37. The van der Waals surface area contributed by atoms with Gasteiger partial charge in [-0.15, -0.1) is 0 Å². The highest BCUT2D eigenvalue weighted by Crippen LogP contribution is 2.45.